The number of H-pyrrole nitrogens is 1. The second-order valence-corrected chi connectivity index (χ2v) is 8.19. The van der Waals surface area contributed by atoms with Crippen LogP contribution in [0.15, 0.2) is 29.4 Å². The molecule has 2 aromatic heterocycles. The Kier molecular flexibility index (Phi) is 6.54. The lowest BCUT2D eigenvalue weighted by molar-refractivity contribution is -0.142. The predicted molar refractivity (Wildman–Crippen MR) is 105 cm³/mol. The number of pyridine rings is 1. The highest BCUT2D eigenvalue weighted by atomic mass is 32.2. The number of hydrogen-bond donors (Lipinski definition) is 2. The summed E-state index contributed by atoms with van der Waals surface area (Å²) in [6.07, 6.45) is -8.62. The van der Waals surface area contributed by atoms with E-state index in [0.717, 1.165) is 11.8 Å². The predicted octanol–water partition coefficient (Wildman–Crippen LogP) is 6.10. The fourth-order valence-electron chi connectivity index (χ4n) is 3.25. The fourth-order valence-corrected chi connectivity index (χ4v) is 4.19. The van der Waals surface area contributed by atoms with Crippen molar-refractivity contribution in [1.82, 2.24) is 15.0 Å². The van der Waals surface area contributed by atoms with Crippen LogP contribution in [0.25, 0.3) is 11.0 Å². The molecular formula is C20H18F5N3O2S. The summed E-state index contributed by atoms with van der Waals surface area (Å²) in [6, 6.07) is 7.00. The van der Waals surface area contributed by atoms with Crippen molar-refractivity contribution in [3.05, 3.63) is 52.3 Å². The molecule has 0 radical (unpaired) electrons. The van der Waals surface area contributed by atoms with Crippen molar-refractivity contribution in [3.8, 4) is 0 Å². The molecule has 1 aromatic carbocycles. The van der Waals surface area contributed by atoms with E-state index < -0.39 is 41.1 Å². The molecular weight excluding hydrogens is 441 g/mol. The van der Waals surface area contributed by atoms with Gasteiger partial charge in [0.15, 0.2) is 5.16 Å². The van der Waals surface area contributed by atoms with Gasteiger partial charge in [-0.25, -0.2) is 23.5 Å². The van der Waals surface area contributed by atoms with E-state index in [4.69, 9.17) is 0 Å². The maximum absolute atomic E-state index is 13.7. The first-order valence-corrected chi connectivity index (χ1v) is 10.2. The standard InChI is InChI=1S/C20H18F5N3O2S/c1-9(2)7-10-11(8-31-19-26-12-5-3-4-6-13(12)27-19)16(20(23,24)25)28-15(17(21)22)14(10)18(29)30/h3-6,9,17H,7-8H2,1-2H3,(H,26,27)(H,29,30). The molecule has 0 amide bonds. The van der Waals surface area contributed by atoms with E-state index in [-0.39, 0.29) is 23.7 Å². The van der Waals surface area contributed by atoms with E-state index in [9.17, 15) is 31.9 Å². The van der Waals surface area contributed by atoms with Crippen molar-refractivity contribution in [3.63, 3.8) is 0 Å². The minimum absolute atomic E-state index is 0.122. The number of halogens is 5. The number of hydrogen-bond acceptors (Lipinski definition) is 4. The van der Waals surface area contributed by atoms with Crippen molar-refractivity contribution < 1.29 is 31.9 Å². The molecule has 2 heterocycles. The lowest BCUT2D eigenvalue weighted by Crippen LogP contribution is -2.21. The summed E-state index contributed by atoms with van der Waals surface area (Å²) in [4.78, 5) is 22.1. The number of para-hydroxylation sites is 2. The van der Waals surface area contributed by atoms with Crippen LogP contribution in [-0.4, -0.2) is 26.0 Å². The number of alkyl halides is 5. The summed E-state index contributed by atoms with van der Waals surface area (Å²) < 4.78 is 68.2. The van der Waals surface area contributed by atoms with Gasteiger partial charge in [-0.15, -0.1) is 0 Å². The number of imidazole rings is 1. The molecule has 0 aliphatic carbocycles. The normalized spacial score (nSPS) is 12.3. The van der Waals surface area contributed by atoms with Crippen molar-refractivity contribution in [2.75, 3.05) is 0 Å². The lowest BCUT2D eigenvalue weighted by atomic mass is 9.91. The van der Waals surface area contributed by atoms with Gasteiger partial charge in [-0.3, -0.25) is 0 Å². The second-order valence-electron chi connectivity index (χ2n) is 7.23. The first kappa shape index (κ1) is 23.0. The summed E-state index contributed by atoms with van der Waals surface area (Å²) in [5.41, 5.74) is -3.13. The molecule has 0 spiro atoms. The molecule has 0 aliphatic heterocycles. The van der Waals surface area contributed by atoms with E-state index in [2.05, 4.69) is 15.0 Å². The van der Waals surface area contributed by atoms with Crippen LogP contribution in [0.4, 0.5) is 22.0 Å². The molecule has 31 heavy (non-hydrogen) atoms. The third-order valence-corrected chi connectivity index (χ3v) is 5.36. The van der Waals surface area contributed by atoms with Gasteiger partial charge in [0.05, 0.1) is 16.6 Å². The first-order chi connectivity index (χ1) is 14.5. The Balaban J connectivity index is 2.16. The number of thioether (sulfide) groups is 1. The van der Waals surface area contributed by atoms with Crippen LogP contribution < -0.4 is 0 Å². The molecule has 0 unspecified atom stereocenters. The highest BCUT2D eigenvalue weighted by molar-refractivity contribution is 7.98. The lowest BCUT2D eigenvalue weighted by Gasteiger charge is -2.21. The van der Waals surface area contributed by atoms with Gasteiger partial charge in [-0.1, -0.05) is 37.7 Å². The Hall–Kier alpha value is -2.69. The number of carboxylic acid groups (broad SMARTS) is 1. The van der Waals surface area contributed by atoms with Crippen molar-refractivity contribution >= 4 is 28.8 Å². The number of nitrogens with one attached hydrogen (secondary N) is 1. The number of nitrogens with zero attached hydrogens (tertiary/aromatic N) is 2. The Bertz CT molecular complexity index is 1080. The number of carboxylic acids is 1. The highest BCUT2D eigenvalue weighted by Gasteiger charge is 2.40. The zero-order chi connectivity index (χ0) is 22.9. The molecule has 0 saturated carbocycles. The topological polar surface area (TPSA) is 78.9 Å². The van der Waals surface area contributed by atoms with Gasteiger partial charge in [0.25, 0.3) is 6.43 Å². The van der Waals surface area contributed by atoms with Gasteiger partial charge in [0, 0.05) is 5.75 Å². The SMILES string of the molecule is CC(C)Cc1c(CSc2nc3ccccc3[nH]2)c(C(F)(F)F)nc(C(F)F)c1C(=O)O. The minimum atomic E-state index is -5.03. The van der Waals surface area contributed by atoms with Crippen LogP contribution in [0.1, 0.15) is 53.1 Å². The van der Waals surface area contributed by atoms with Crippen molar-refractivity contribution in [2.45, 2.75) is 43.8 Å². The molecule has 0 aliphatic rings. The van der Waals surface area contributed by atoms with Gasteiger partial charge in [-0.05, 0) is 35.6 Å². The average Bonchev–Trinajstić information content (AvgIpc) is 3.07. The third-order valence-electron chi connectivity index (χ3n) is 4.46. The first-order valence-electron chi connectivity index (χ1n) is 9.20. The summed E-state index contributed by atoms with van der Waals surface area (Å²) in [5.74, 6) is -2.35. The molecule has 2 N–H and O–H groups in total. The second kappa shape index (κ2) is 8.81. The van der Waals surface area contributed by atoms with E-state index in [1.165, 1.54) is 0 Å². The molecule has 0 atom stereocenters. The molecule has 166 valence electrons. The summed E-state index contributed by atoms with van der Waals surface area (Å²) in [6.45, 7) is 3.33. The summed E-state index contributed by atoms with van der Waals surface area (Å²) >= 11 is 0.918. The van der Waals surface area contributed by atoms with Crippen LogP contribution in [0, 0.1) is 5.92 Å². The van der Waals surface area contributed by atoms with Crippen LogP contribution in [-0.2, 0) is 18.3 Å². The Morgan fingerprint density at radius 1 is 1.16 bits per heavy atom. The van der Waals surface area contributed by atoms with Gasteiger partial charge in [0.1, 0.15) is 11.4 Å². The molecule has 3 rings (SSSR count). The average molecular weight is 459 g/mol. The molecule has 0 fully saturated rings. The number of carbonyl (C=O) groups is 1. The van der Waals surface area contributed by atoms with E-state index >= 15 is 0 Å². The number of fused-ring (bicyclic) bond motifs is 1. The maximum atomic E-state index is 13.7. The smallest absolute Gasteiger partial charge is 0.433 e. The Morgan fingerprint density at radius 2 is 1.84 bits per heavy atom. The van der Waals surface area contributed by atoms with Crippen LogP contribution in [0.5, 0.6) is 0 Å². The number of benzene rings is 1. The molecule has 5 nitrogen and oxygen atoms in total. The van der Waals surface area contributed by atoms with Crippen LogP contribution in [0.2, 0.25) is 0 Å². The molecule has 3 aromatic rings. The number of aromatic carboxylic acids is 1. The van der Waals surface area contributed by atoms with Gasteiger partial charge < -0.3 is 10.1 Å². The van der Waals surface area contributed by atoms with Crippen molar-refractivity contribution in [1.29, 1.82) is 0 Å². The van der Waals surface area contributed by atoms with Crippen LogP contribution >= 0.6 is 11.8 Å². The monoisotopic (exact) mass is 459 g/mol. The van der Waals surface area contributed by atoms with Crippen molar-refractivity contribution in [2.24, 2.45) is 5.92 Å². The number of aromatic amines is 1. The van der Waals surface area contributed by atoms with E-state index in [1.807, 2.05) is 0 Å². The fraction of sp³-hybridized carbons (Fsp3) is 0.350. The van der Waals surface area contributed by atoms with E-state index in [0.29, 0.717) is 16.2 Å². The largest absolute Gasteiger partial charge is 0.478 e. The highest BCUT2D eigenvalue weighted by Crippen LogP contribution is 2.39. The quantitative estimate of drug-likeness (QED) is 0.330. The molecule has 0 saturated heterocycles. The summed E-state index contributed by atoms with van der Waals surface area (Å²) in [7, 11) is 0. The molecule has 0 bridgehead atoms. The van der Waals surface area contributed by atoms with Crippen LogP contribution in [0.3, 0.4) is 0 Å². The third kappa shape index (κ3) is 4.97. The maximum Gasteiger partial charge on any atom is 0.433 e. The number of aromatic nitrogens is 3. The zero-order valence-electron chi connectivity index (χ0n) is 16.4. The number of rotatable bonds is 7. The van der Waals surface area contributed by atoms with E-state index in [1.54, 1.807) is 38.1 Å². The van der Waals surface area contributed by atoms with Gasteiger partial charge >= 0.3 is 12.1 Å². The van der Waals surface area contributed by atoms with Gasteiger partial charge in [0.2, 0.25) is 0 Å². The minimum Gasteiger partial charge on any atom is -0.478 e. The molecule has 11 heteroatoms. The zero-order valence-corrected chi connectivity index (χ0v) is 17.2. The van der Waals surface area contributed by atoms with Gasteiger partial charge in [-0.2, -0.15) is 13.2 Å². The summed E-state index contributed by atoms with van der Waals surface area (Å²) in [5, 5.41) is 9.85. The Labute approximate surface area is 178 Å². The Morgan fingerprint density at radius 3 is 2.39 bits per heavy atom.